The first-order valence-corrected chi connectivity index (χ1v) is 11.3. The molecule has 7 nitrogen and oxygen atoms in total. The van der Waals surface area contributed by atoms with Gasteiger partial charge in [0, 0.05) is 12.7 Å². The van der Waals surface area contributed by atoms with Gasteiger partial charge in [0.15, 0.2) is 0 Å². The van der Waals surface area contributed by atoms with Crippen LogP contribution >= 0.6 is 0 Å². The van der Waals surface area contributed by atoms with Gasteiger partial charge >= 0.3 is 0 Å². The second kappa shape index (κ2) is 7.87. The van der Waals surface area contributed by atoms with Gasteiger partial charge in [0.25, 0.3) is 5.91 Å². The Hall–Kier alpha value is -3.33. The van der Waals surface area contributed by atoms with Crippen LogP contribution in [0.2, 0.25) is 0 Å². The Bertz CT molecular complexity index is 1280. The fourth-order valence-corrected chi connectivity index (χ4v) is 5.77. The lowest BCUT2D eigenvalue weighted by atomic mass is 9.66. The third-order valence-corrected chi connectivity index (χ3v) is 7.46. The molecule has 0 spiro atoms. The summed E-state index contributed by atoms with van der Waals surface area (Å²) in [5, 5.41) is 20.8. The highest BCUT2D eigenvalue weighted by molar-refractivity contribution is 5.92. The zero-order valence-electron chi connectivity index (χ0n) is 19.1. The number of benzene rings is 1. The van der Waals surface area contributed by atoms with E-state index in [2.05, 4.69) is 39.3 Å². The standard InChI is InChI=1S/C25H25F2N5O2/c1-13(33)10-29-23(34)19-11-28-12-20(30-19)25-8-7-15(24(25,2)3)14-9-18(31-32-22(14)25)21-16(26)5-4-6-17(21)27/h4-6,9,11-13,15,33H,7-8,10H2,1-3H3,(H,29,34)/t13-,15+,25?/m0/s1. The van der Waals surface area contributed by atoms with E-state index >= 15 is 0 Å². The van der Waals surface area contributed by atoms with Crippen molar-refractivity contribution in [2.45, 2.75) is 51.0 Å². The zero-order chi connectivity index (χ0) is 24.3. The number of amides is 1. The number of aromatic nitrogens is 4. The Morgan fingerprint density at radius 2 is 1.97 bits per heavy atom. The van der Waals surface area contributed by atoms with Crippen molar-refractivity contribution in [3.05, 3.63) is 70.9 Å². The summed E-state index contributed by atoms with van der Waals surface area (Å²) in [5.41, 5.74) is 1.37. The predicted molar refractivity (Wildman–Crippen MR) is 120 cm³/mol. The summed E-state index contributed by atoms with van der Waals surface area (Å²) in [6, 6.07) is 5.46. The van der Waals surface area contributed by atoms with Gasteiger partial charge in [-0.3, -0.25) is 9.78 Å². The minimum Gasteiger partial charge on any atom is -0.392 e. The van der Waals surface area contributed by atoms with Crippen LogP contribution in [0.1, 0.15) is 67.0 Å². The van der Waals surface area contributed by atoms with Crippen molar-refractivity contribution in [3.63, 3.8) is 0 Å². The number of carbonyl (C=O) groups excluding carboxylic acids is 1. The van der Waals surface area contributed by atoms with Crippen LogP contribution in [0, 0.1) is 17.0 Å². The van der Waals surface area contributed by atoms with Crippen LogP contribution in [0.4, 0.5) is 8.78 Å². The van der Waals surface area contributed by atoms with E-state index in [1.165, 1.54) is 24.4 Å². The van der Waals surface area contributed by atoms with Crippen molar-refractivity contribution in [1.82, 2.24) is 25.5 Å². The van der Waals surface area contributed by atoms with Crippen molar-refractivity contribution < 1.29 is 18.7 Å². The number of hydrogen-bond acceptors (Lipinski definition) is 6. The molecule has 0 aliphatic heterocycles. The molecule has 0 saturated heterocycles. The van der Waals surface area contributed by atoms with Gasteiger partial charge in [0.1, 0.15) is 17.3 Å². The maximum Gasteiger partial charge on any atom is 0.271 e. The van der Waals surface area contributed by atoms with Crippen LogP contribution in [-0.4, -0.2) is 43.8 Å². The van der Waals surface area contributed by atoms with Crippen LogP contribution in [0.3, 0.4) is 0 Å². The first kappa shape index (κ1) is 22.5. The Morgan fingerprint density at radius 3 is 2.68 bits per heavy atom. The molecule has 5 rings (SSSR count). The number of carbonyl (C=O) groups is 1. The van der Waals surface area contributed by atoms with Gasteiger partial charge in [-0.2, -0.15) is 5.10 Å². The normalized spacial score (nSPS) is 22.9. The van der Waals surface area contributed by atoms with Crippen LogP contribution in [0.5, 0.6) is 0 Å². The van der Waals surface area contributed by atoms with Crippen molar-refractivity contribution in [3.8, 4) is 11.3 Å². The van der Waals surface area contributed by atoms with Gasteiger partial charge in [0.05, 0.1) is 40.4 Å². The lowest BCUT2D eigenvalue weighted by Crippen LogP contribution is -2.39. The molecular weight excluding hydrogens is 440 g/mol. The summed E-state index contributed by atoms with van der Waals surface area (Å²) in [4.78, 5) is 21.5. The van der Waals surface area contributed by atoms with Gasteiger partial charge in [-0.15, -0.1) is 5.10 Å². The first-order valence-electron chi connectivity index (χ1n) is 11.3. The van der Waals surface area contributed by atoms with Crippen molar-refractivity contribution in [2.24, 2.45) is 5.41 Å². The largest absolute Gasteiger partial charge is 0.392 e. The molecular formula is C25H25F2N5O2. The molecule has 1 saturated carbocycles. The van der Waals surface area contributed by atoms with E-state index in [1.807, 2.05) is 0 Å². The van der Waals surface area contributed by atoms with E-state index in [0.29, 0.717) is 11.4 Å². The Labute approximate surface area is 195 Å². The molecule has 1 unspecified atom stereocenters. The second-order valence-electron chi connectivity index (χ2n) is 9.70. The predicted octanol–water partition coefficient (Wildman–Crippen LogP) is 3.53. The van der Waals surface area contributed by atoms with Gasteiger partial charge in [-0.1, -0.05) is 19.9 Å². The van der Waals surface area contributed by atoms with Crippen LogP contribution in [0.25, 0.3) is 11.3 Å². The van der Waals surface area contributed by atoms with E-state index < -0.39 is 29.1 Å². The molecule has 1 fully saturated rings. The highest BCUT2D eigenvalue weighted by Gasteiger charge is 2.65. The Morgan fingerprint density at radius 1 is 1.24 bits per heavy atom. The minimum absolute atomic E-state index is 0.0844. The molecule has 0 radical (unpaired) electrons. The Balaban J connectivity index is 1.61. The SMILES string of the molecule is C[C@H](O)CNC(=O)c1cncc(C23CC[C@H](c4cc(-c5c(F)cccc5F)nnc42)C3(C)C)n1. The van der Waals surface area contributed by atoms with E-state index in [-0.39, 0.29) is 34.8 Å². The maximum absolute atomic E-state index is 14.4. The molecule has 2 aliphatic rings. The minimum atomic E-state index is -0.687. The molecule has 34 heavy (non-hydrogen) atoms. The molecule has 176 valence electrons. The summed E-state index contributed by atoms with van der Waals surface area (Å²) < 4.78 is 28.8. The van der Waals surface area contributed by atoms with E-state index in [1.54, 1.807) is 19.2 Å². The quantitative estimate of drug-likeness (QED) is 0.598. The van der Waals surface area contributed by atoms with E-state index in [0.717, 1.165) is 18.4 Å². The summed E-state index contributed by atoms with van der Waals surface area (Å²) in [7, 11) is 0. The molecule has 2 N–H and O–H groups in total. The molecule has 2 heterocycles. The number of hydrogen-bond donors (Lipinski definition) is 2. The lowest BCUT2D eigenvalue weighted by Gasteiger charge is -2.37. The number of aliphatic hydroxyl groups excluding tert-OH is 1. The molecule has 2 aliphatic carbocycles. The number of fused-ring (bicyclic) bond motifs is 5. The summed E-state index contributed by atoms with van der Waals surface area (Å²) >= 11 is 0. The molecule has 2 aromatic heterocycles. The van der Waals surface area contributed by atoms with Gasteiger partial charge < -0.3 is 10.4 Å². The number of nitrogens with zero attached hydrogens (tertiary/aromatic N) is 4. The van der Waals surface area contributed by atoms with Crippen molar-refractivity contribution >= 4 is 5.91 Å². The Kier molecular flexibility index (Phi) is 5.20. The topological polar surface area (TPSA) is 101 Å². The smallest absolute Gasteiger partial charge is 0.271 e. The molecule has 3 atom stereocenters. The maximum atomic E-state index is 14.4. The second-order valence-corrected chi connectivity index (χ2v) is 9.70. The van der Waals surface area contributed by atoms with Gasteiger partial charge in [-0.05, 0) is 54.9 Å². The first-order chi connectivity index (χ1) is 16.2. The molecule has 9 heteroatoms. The number of nitrogens with one attached hydrogen (secondary N) is 1. The molecule has 2 bridgehead atoms. The van der Waals surface area contributed by atoms with Gasteiger partial charge in [-0.25, -0.2) is 13.8 Å². The van der Waals surface area contributed by atoms with Gasteiger partial charge in [0.2, 0.25) is 0 Å². The summed E-state index contributed by atoms with van der Waals surface area (Å²) in [6.07, 6.45) is 3.94. The summed E-state index contributed by atoms with van der Waals surface area (Å²) in [5.74, 6) is -1.71. The van der Waals surface area contributed by atoms with Crippen LogP contribution < -0.4 is 5.32 Å². The van der Waals surface area contributed by atoms with E-state index in [4.69, 9.17) is 0 Å². The van der Waals surface area contributed by atoms with Crippen molar-refractivity contribution in [2.75, 3.05) is 6.54 Å². The van der Waals surface area contributed by atoms with Crippen LogP contribution in [0.15, 0.2) is 36.7 Å². The van der Waals surface area contributed by atoms with Crippen molar-refractivity contribution in [1.29, 1.82) is 0 Å². The van der Waals surface area contributed by atoms with E-state index in [9.17, 15) is 18.7 Å². The third kappa shape index (κ3) is 3.14. The third-order valence-electron chi connectivity index (χ3n) is 7.46. The highest BCUT2D eigenvalue weighted by atomic mass is 19.1. The summed E-state index contributed by atoms with van der Waals surface area (Å²) in [6.45, 7) is 5.93. The highest BCUT2D eigenvalue weighted by Crippen LogP contribution is 2.69. The average Bonchev–Trinajstić information content (AvgIpc) is 3.18. The average molecular weight is 466 g/mol. The molecule has 1 aromatic carbocycles. The number of rotatable bonds is 5. The molecule has 1 amide bonds. The number of aliphatic hydroxyl groups is 1. The fourth-order valence-electron chi connectivity index (χ4n) is 5.77. The number of halogens is 2. The monoisotopic (exact) mass is 465 g/mol. The fraction of sp³-hybridized carbons (Fsp3) is 0.400. The lowest BCUT2D eigenvalue weighted by molar-refractivity contribution is 0.0917. The molecule has 3 aromatic rings. The van der Waals surface area contributed by atoms with Crippen LogP contribution in [-0.2, 0) is 5.41 Å². The zero-order valence-corrected chi connectivity index (χ0v) is 19.1.